The maximum absolute atomic E-state index is 12.3. The van der Waals surface area contributed by atoms with Gasteiger partial charge in [0.05, 0.1) is 5.75 Å². The number of nitrogens with zero attached hydrogens (tertiary/aromatic N) is 4. The van der Waals surface area contributed by atoms with Crippen LogP contribution < -0.4 is 5.32 Å². The molecule has 0 aliphatic rings. The number of thioether (sulfide) groups is 1. The molecule has 0 aliphatic heterocycles. The number of halogens is 1. The van der Waals surface area contributed by atoms with E-state index in [4.69, 9.17) is 16.0 Å². The smallest absolute Gasteiger partial charge is 0.282 e. The Morgan fingerprint density at radius 2 is 1.97 bits per heavy atom. The molecule has 152 valence electrons. The fourth-order valence-electron chi connectivity index (χ4n) is 2.50. The molecular formula is C20H16ClN5O2S2. The van der Waals surface area contributed by atoms with E-state index in [2.05, 4.69) is 25.7 Å². The number of rotatable bonds is 7. The Hall–Kier alpha value is -2.75. The zero-order chi connectivity index (χ0) is 20.9. The normalized spacial score (nSPS) is 10.9. The molecule has 4 rings (SSSR count). The van der Waals surface area contributed by atoms with Gasteiger partial charge in [0.25, 0.3) is 11.1 Å². The van der Waals surface area contributed by atoms with Crippen molar-refractivity contribution < 1.29 is 9.21 Å². The first-order valence-corrected chi connectivity index (χ1v) is 11.1. The summed E-state index contributed by atoms with van der Waals surface area (Å²) in [5, 5.41) is 21.0. The van der Waals surface area contributed by atoms with Crippen molar-refractivity contribution in [2.75, 3.05) is 0 Å². The maximum Gasteiger partial charge on any atom is 0.282 e. The van der Waals surface area contributed by atoms with Gasteiger partial charge < -0.3 is 9.73 Å². The van der Waals surface area contributed by atoms with E-state index in [0.29, 0.717) is 38.4 Å². The highest BCUT2D eigenvalue weighted by atomic mass is 35.5. The average molecular weight is 458 g/mol. The van der Waals surface area contributed by atoms with Crippen molar-refractivity contribution in [2.45, 2.75) is 24.4 Å². The van der Waals surface area contributed by atoms with Crippen molar-refractivity contribution in [2.24, 2.45) is 0 Å². The molecule has 0 saturated carbocycles. The highest BCUT2D eigenvalue weighted by molar-refractivity contribution is 7.98. The molecule has 0 aliphatic carbocycles. The van der Waals surface area contributed by atoms with E-state index in [-0.39, 0.29) is 5.91 Å². The van der Waals surface area contributed by atoms with Crippen LogP contribution in [0.5, 0.6) is 0 Å². The van der Waals surface area contributed by atoms with Gasteiger partial charge in [-0.3, -0.25) is 4.79 Å². The Bertz CT molecular complexity index is 1160. The van der Waals surface area contributed by atoms with E-state index >= 15 is 0 Å². The maximum atomic E-state index is 12.3. The van der Waals surface area contributed by atoms with Crippen LogP contribution in [0.2, 0.25) is 5.02 Å². The predicted molar refractivity (Wildman–Crippen MR) is 117 cm³/mol. The lowest BCUT2D eigenvalue weighted by atomic mass is 10.1. The summed E-state index contributed by atoms with van der Waals surface area (Å²) in [7, 11) is 0. The van der Waals surface area contributed by atoms with Gasteiger partial charge in [-0.2, -0.15) is 0 Å². The molecule has 0 spiro atoms. The molecule has 0 fully saturated rings. The van der Waals surface area contributed by atoms with E-state index in [1.807, 2.05) is 43.3 Å². The van der Waals surface area contributed by atoms with E-state index < -0.39 is 0 Å². The summed E-state index contributed by atoms with van der Waals surface area (Å²) in [4.78, 5) is 12.3. The van der Waals surface area contributed by atoms with Crippen molar-refractivity contribution in [1.82, 2.24) is 25.7 Å². The Kier molecular flexibility index (Phi) is 6.41. The van der Waals surface area contributed by atoms with E-state index in [9.17, 15) is 4.79 Å². The first-order valence-electron chi connectivity index (χ1n) is 8.95. The summed E-state index contributed by atoms with van der Waals surface area (Å²) in [6.45, 7) is 2.46. The minimum Gasteiger partial charge on any atom is -0.411 e. The Labute approximate surface area is 185 Å². The molecule has 0 radical (unpaired) electrons. The van der Waals surface area contributed by atoms with Crippen molar-refractivity contribution in [3.8, 4) is 11.5 Å². The number of benzene rings is 2. The summed E-state index contributed by atoms with van der Waals surface area (Å²) in [6.07, 6.45) is 0. The Balaban J connectivity index is 1.31. The van der Waals surface area contributed by atoms with Crippen LogP contribution in [0, 0.1) is 6.92 Å². The van der Waals surface area contributed by atoms with Crippen LogP contribution in [0.4, 0.5) is 0 Å². The average Bonchev–Trinajstić information content (AvgIpc) is 3.41. The van der Waals surface area contributed by atoms with Gasteiger partial charge >= 0.3 is 0 Å². The minimum absolute atomic E-state index is 0.245. The molecule has 0 saturated heterocycles. The molecule has 7 nitrogen and oxygen atoms in total. The minimum atomic E-state index is -0.245. The topological polar surface area (TPSA) is 93.8 Å². The first-order chi connectivity index (χ1) is 14.6. The first kappa shape index (κ1) is 20.5. The third-order valence-corrected chi connectivity index (χ3v) is 6.20. The quantitative estimate of drug-likeness (QED) is 0.399. The standard InChI is InChI=1S/C20H16ClN5O2S2/c1-12-5-7-13(8-6-12)10-22-17(27)19-25-23-16(30-19)11-29-20-26-24-18(28-20)14-3-2-4-15(21)9-14/h2-9H,10-11H2,1H3,(H,22,27). The number of hydrogen-bond acceptors (Lipinski definition) is 8. The molecule has 4 aromatic rings. The third-order valence-electron chi connectivity index (χ3n) is 4.03. The van der Waals surface area contributed by atoms with Crippen molar-refractivity contribution in [1.29, 1.82) is 0 Å². The van der Waals surface area contributed by atoms with Crippen LogP contribution in [-0.2, 0) is 12.3 Å². The second kappa shape index (κ2) is 9.38. The number of amides is 1. The number of carbonyl (C=O) groups is 1. The molecule has 2 aromatic carbocycles. The van der Waals surface area contributed by atoms with Crippen molar-refractivity contribution in [3.63, 3.8) is 0 Å². The monoisotopic (exact) mass is 457 g/mol. The van der Waals surface area contributed by atoms with Crippen LogP contribution in [0.25, 0.3) is 11.5 Å². The highest BCUT2D eigenvalue weighted by Crippen LogP contribution is 2.27. The van der Waals surface area contributed by atoms with Crippen LogP contribution in [0.15, 0.2) is 58.2 Å². The van der Waals surface area contributed by atoms with Gasteiger partial charge in [0, 0.05) is 17.1 Å². The van der Waals surface area contributed by atoms with Crippen molar-refractivity contribution >= 4 is 40.6 Å². The van der Waals surface area contributed by atoms with Crippen molar-refractivity contribution in [3.05, 3.63) is 74.7 Å². The van der Waals surface area contributed by atoms with Gasteiger partial charge in [-0.05, 0) is 30.7 Å². The number of aromatic nitrogens is 4. The molecule has 1 amide bonds. The molecule has 30 heavy (non-hydrogen) atoms. The molecule has 0 atom stereocenters. The molecule has 0 unspecified atom stereocenters. The van der Waals surface area contributed by atoms with E-state index in [1.165, 1.54) is 28.7 Å². The van der Waals surface area contributed by atoms with Gasteiger partial charge in [0.2, 0.25) is 10.9 Å². The summed E-state index contributed by atoms with van der Waals surface area (Å²) < 4.78 is 5.66. The fraction of sp³-hybridized carbons (Fsp3) is 0.150. The fourth-order valence-corrected chi connectivity index (χ4v) is 4.19. The number of hydrogen-bond donors (Lipinski definition) is 1. The number of nitrogens with one attached hydrogen (secondary N) is 1. The van der Waals surface area contributed by atoms with Gasteiger partial charge in [-0.15, -0.1) is 20.4 Å². The van der Waals surface area contributed by atoms with Gasteiger partial charge in [0.1, 0.15) is 5.01 Å². The zero-order valence-corrected chi connectivity index (χ0v) is 18.2. The number of aryl methyl sites for hydroxylation is 1. The van der Waals surface area contributed by atoms with Crippen LogP contribution in [0.1, 0.15) is 25.9 Å². The Morgan fingerprint density at radius 1 is 1.13 bits per heavy atom. The second-order valence-electron chi connectivity index (χ2n) is 6.34. The molecular weight excluding hydrogens is 442 g/mol. The SMILES string of the molecule is Cc1ccc(CNC(=O)c2nnc(CSc3nnc(-c4cccc(Cl)c4)o3)s2)cc1. The Morgan fingerprint density at radius 3 is 2.77 bits per heavy atom. The molecule has 2 heterocycles. The lowest BCUT2D eigenvalue weighted by Crippen LogP contribution is -2.22. The zero-order valence-electron chi connectivity index (χ0n) is 15.8. The molecule has 1 N–H and O–H groups in total. The van der Waals surface area contributed by atoms with E-state index in [1.54, 1.807) is 12.1 Å². The lowest BCUT2D eigenvalue weighted by Gasteiger charge is -2.03. The van der Waals surface area contributed by atoms with Gasteiger partial charge in [0.15, 0.2) is 0 Å². The molecule has 10 heteroatoms. The summed E-state index contributed by atoms with van der Waals surface area (Å²) in [6, 6.07) is 15.2. The molecule has 0 bridgehead atoms. The predicted octanol–water partition coefficient (Wildman–Crippen LogP) is 4.77. The summed E-state index contributed by atoms with van der Waals surface area (Å²) in [5.41, 5.74) is 2.96. The van der Waals surface area contributed by atoms with Crippen LogP contribution >= 0.6 is 34.7 Å². The van der Waals surface area contributed by atoms with Crippen LogP contribution in [0.3, 0.4) is 0 Å². The van der Waals surface area contributed by atoms with Crippen LogP contribution in [-0.4, -0.2) is 26.3 Å². The van der Waals surface area contributed by atoms with Gasteiger partial charge in [-0.25, -0.2) is 0 Å². The lowest BCUT2D eigenvalue weighted by molar-refractivity contribution is 0.0950. The van der Waals surface area contributed by atoms with Gasteiger partial charge in [-0.1, -0.05) is 70.6 Å². The third kappa shape index (κ3) is 5.24. The largest absolute Gasteiger partial charge is 0.411 e. The highest BCUT2D eigenvalue weighted by Gasteiger charge is 2.15. The second-order valence-corrected chi connectivity index (χ2v) is 8.77. The summed E-state index contributed by atoms with van der Waals surface area (Å²) >= 11 is 8.57. The summed E-state index contributed by atoms with van der Waals surface area (Å²) in [5.74, 6) is 0.624. The van der Waals surface area contributed by atoms with E-state index in [0.717, 1.165) is 11.1 Å². The molecule has 2 aromatic heterocycles. The number of carbonyl (C=O) groups excluding carboxylic acids is 1.